The SMILES string of the molecule is c1ccc(-c2ccccc2N(Cc2ccccc2-c2cccc3c2oc2c4ccccc4ccc32)c2ccc(-c3cccc4c3ccc3ccccc34)cc2)cc1. The number of anilines is 2. The van der Waals surface area contributed by atoms with Crippen molar-refractivity contribution in [2.45, 2.75) is 6.54 Å². The Kier molecular flexibility index (Phi) is 7.93. The summed E-state index contributed by atoms with van der Waals surface area (Å²) in [5.41, 5.74) is 12.4. The number of nitrogens with zero attached hydrogens (tertiary/aromatic N) is 1. The van der Waals surface area contributed by atoms with Crippen LogP contribution >= 0.6 is 0 Å². The van der Waals surface area contributed by atoms with Gasteiger partial charge < -0.3 is 9.32 Å². The highest BCUT2D eigenvalue weighted by atomic mass is 16.3. The van der Waals surface area contributed by atoms with Crippen LogP contribution in [0.4, 0.5) is 11.4 Å². The molecule has 0 aliphatic heterocycles. The predicted molar refractivity (Wildman–Crippen MR) is 241 cm³/mol. The molecule has 0 fully saturated rings. The number of rotatable bonds is 7. The highest BCUT2D eigenvalue weighted by Crippen LogP contribution is 2.42. The van der Waals surface area contributed by atoms with Crippen molar-refractivity contribution >= 4 is 65.6 Å². The van der Waals surface area contributed by atoms with Crippen LogP contribution in [-0.2, 0) is 6.54 Å². The quantitative estimate of drug-likeness (QED) is 0.152. The fraction of sp³-hybridized carbons (Fsp3) is 0.0182. The Morgan fingerprint density at radius 2 is 0.877 bits per heavy atom. The lowest BCUT2D eigenvalue weighted by Gasteiger charge is -2.29. The van der Waals surface area contributed by atoms with E-state index in [0.717, 1.165) is 49.8 Å². The number of hydrogen-bond acceptors (Lipinski definition) is 2. The second-order valence-electron chi connectivity index (χ2n) is 14.8. The van der Waals surface area contributed by atoms with Crippen LogP contribution in [0.5, 0.6) is 0 Å². The van der Waals surface area contributed by atoms with Gasteiger partial charge in [0.15, 0.2) is 0 Å². The van der Waals surface area contributed by atoms with E-state index in [1.807, 2.05) is 0 Å². The van der Waals surface area contributed by atoms with E-state index in [1.54, 1.807) is 0 Å². The van der Waals surface area contributed by atoms with Gasteiger partial charge in [-0.2, -0.15) is 0 Å². The van der Waals surface area contributed by atoms with Gasteiger partial charge in [-0.1, -0.05) is 188 Å². The molecule has 1 heterocycles. The third-order valence-corrected chi connectivity index (χ3v) is 11.6. The van der Waals surface area contributed by atoms with Gasteiger partial charge in [-0.15, -0.1) is 0 Å². The summed E-state index contributed by atoms with van der Waals surface area (Å²) in [6.07, 6.45) is 0. The van der Waals surface area contributed by atoms with Gasteiger partial charge >= 0.3 is 0 Å². The third kappa shape index (κ3) is 5.65. The molecule has 10 aromatic carbocycles. The van der Waals surface area contributed by atoms with E-state index in [0.29, 0.717) is 6.54 Å². The van der Waals surface area contributed by atoms with E-state index in [4.69, 9.17) is 4.42 Å². The third-order valence-electron chi connectivity index (χ3n) is 11.6. The first-order chi connectivity index (χ1) is 28.3. The Morgan fingerprint density at radius 1 is 0.316 bits per heavy atom. The average Bonchev–Trinajstić information content (AvgIpc) is 3.68. The van der Waals surface area contributed by atoms with Crippen LogP contribution in [0, 0.1) is 0 Å². The Morgan fingerprint density at radius 3 is 1.70 bits per heavy atom. The maximum Gasteiger partial charge on any atom is 0.143 e. The van der Waals surface area contributed by atoms with E-state index >= 15 is 0 Å². The smallest absolute Gasteiger partial charge is 0.143 e. The minimum absolute atomic E-state index is 0.652. The first kappa shape index (κ1) is 33.0. The molecule has 11 aromatic rings. The summed E-state index contributed by atoms with van der Waals surface area (Å²) in [5.74, 6) is 0. The summed E-state index contributed by atoms with van der Waals surface area (Å²) in [6, 6.07) is 76.6. The summed E-state index contributed by atoms with van der Waals surface area (Å²) < 4.78 is 6.85. The molecule has 0 saturated carbocycles. The van der Waals surface area contributed by atoms with Crippen LogP contribution in [-0.4, -0.2) is 0 Å². The lowest BCUT2D eigenvalue weighted by Crippen LogP contribution is -2.18. The molecule has 0 bridgehead atoms. The number of para-hydroxylation sites is 2. The Hall–Kier alpha value is -7.42. The first-order valence-corrected chi connectivity index (χ1v) is 19.6. The molecule has 0 saturated heterocycles. The van der Waals surface area contributed by atoms with Crippen LogP contribution in [0.25, 0.3) is 87.6 Å². The minimum Gasteiger partial charge on any atom is -0.455 e. The van der Waals surface area contributed by atoms with Crippen molar-refractivity contribution in [3.05, 3.63) is 218 Å². The minimum atomic E-state index is 0.652. The van der Waals surface area contributed by atoms with E-state index in [2.05, 4.69) is 217 Å². The summed E-state index contributed by atoms with van der Waals surface area (Å²) in [6.45, 7) is 0.652. The second-order valence-corrected chi connectivity index (χ2v) is 14.8. The summed E-state index contributed by atoms with van der Waals surface area (Å²) in [5, 5.41) is 9.66. The molecule has 2 heteroatoms. The first-order valence-electron chi connectivity index (χ1n) is 19.6. The van der Waals surface area contributed by atoms with E-state index < -0.39 is 0 Å². The second kappa shape index (κ2) is 13.7. The predicted octanol–water partition coefficient (Wildman–Crippen LogP) is 15.4. The zero-order valence-electron chi connectivity index (χ0n) is 31.3. The molecule has 0 spiro atoms. The lowest BCUT2D eigenvalue weighted by atomic mass is 9.94. The molecule has 0 amide bonds. The lowest BCUT2D eigenvalue weighted by molar-refractivity contribution is 0.673. The van der Waals surface area contributed by atoms with Crippen LogP contribution in [0.1, 0.15) is 5.56 Å². The molecular formula is C55H37NO. The molecular weight excluding hydrogens is 691 g/mol. The van der Waals surface area contributed by atoms with Crippen LogP contribution in [0.2, 0.25) is 0 Å². The highest BCUT2D eigenvalue weighted by Gasteiger charge is 2.20. The largest absolute Gasteiger partial charge is 0.455 e. The van der Waals surface area contributed by atoms with Crippen molar-refractivity contribution in [2.75, 3.05) is 4.90 Å². The molecule has 0 aliphatic carbocycles. The van der Waals surface area contributed by atoms with Crippen LogP contribution < -0.4 is 4.90 Å². The van der Waals surface area contributed by atoms with Crippen molar-refractivity contribution in [1.29, 1.82) is 0 Å². The molecule has 0 unspecified atom stereocenters. The zero-order valence-corrected chi connectivity index (χ0v) is 31.3. The molecule has 268 valence electrons. The topological polar surface area (TPSA) is 16.4 Å². The summed E-state index contributed by atoms with van der Waals surface area (Å²) >= 11 is 0. The molecule has 0 N–H and O–H groups in total. The number of hydrogen-bond donors (Lipinski definition) is 0. The average molecular weight is 728 g/mol. The van der Waals surface area contributed by atoms with Gasteiger partial charge in [0.25, 0.3) is 0 Å². The summed E-state index contributed by atoms with van der Waals surface area (Å²) in [4.78, 5) is 2.47. The highest BCUT2D eigenvalue weighted by molar-refractivity contribution is 6.17. The fourth-order valence-corrected chi connectivity index (χ4v) is 8.83. The molecule has 0 atom stereocenters. The standard InChI is InChI=1S/C55H37NO/c1-2-14-37(15-3-1)46-21-10-11-27-53(46)56(42-32-28-40(29-33-42)44-23-12-24-48-43-19-7-4-16-38(43)30-34-49(44)48)36-41-18-6-8-20-45(41)50-25-13-26-51-52-35-31-39-17-5-9-22-47(39)54(52)57-55(50)51/h1-35H,36H2. The number of furan rings is 1. The van der Waals surface area contributed by atoms with Crippen molar-refractivity contribution in [2.24, 2.45) is 0 Å². The van der Waals surface area contributed by atoms with Crippen molar-refractivity contribution in [3.63, 3.8) is 0 Å². The molecule has 0 radical (unpaired) electrons. The van der Waals surface area contributed by atoms with Gasteiger partial charge in [-0.05, 0) is 79.0 Å². The van der Waals surface area contributed by atoms with Crippen molar-refractivity contribution < 1.29 is 4.42 Å². The molecule has 11 rings (SSSR count). The van der Waals surface area contributed by atoms with Crippen LogP contribution in [0.15, 0.2) is 217 Å². The maximum atomic E-state index is 6.85. The number of benzene rings is 10. The Labute approximate surface area is 331 Å². The monoisotopic (exact) mass is 727 g/mol. The normalized spacial score (nSPS) is 11.6. The van der Waals surface area contributed by atoms with Gasteiger partial charge in [0.1, 0.15) is 11.2 Å². The van der Waals surface area contributed by atoms with E-state index in [1.165, 1.54) is 54.7 Å². The summed E-state index contributed by atoms with van der Waals surface area (Å²) in [7, 11) is 0. The zero-order chi connectivity index (χ0) is 37.7. The van der Waals surface area contributed by atoms with Gasteiger partial charge in [-0.3, -0.25) is 0 Å². The fourth-order valence-electron chi connectivity index (χ4n) is 8.83. The molecule has 2 nitrogen and oxygen atoms in total. The Balaban J connectivity index is 1.05. The van der Waals surface area contributed by atoms with Crippen LogP contribution in [0.3, 0.4) is 0 Å². The van der Waals surface area contributed by atoms with Gasteiger partial charge in [0.05, 0.1) is 0 Å². The Bertz CT molecular complexity index is 3270. The molecule has 0 aliphatic rings. The molecule has 57 heavy (non-hydrogen) atoms. The van der Waals surface area contributed by atoms with Gasteiger partial charge in [-0.25, -0.2) is 0 Å². The number of fused-ring (bicyclic) bond motifs is 8. The van der Waals surface area contributed by atoms with Crippen molar-refractivity contribution in [3.8, 4) is 33.4 Å². The van der Waals surface area contributed by atoms with E-state index in [9.17, 15) is 0 Å². The van der Waals surface area contributed by atoms with Gasteiger partial charge in [0.2, 0.25) is 0 Å². The maximum absolute atomic E-state index is 6.85. The van der Waals surface area contributed by atoms with Gasteiger partial charge in [0, 0.05) is 45.2 Å². The molecule has 1 aromatic heterocycles. The van der Waals surface area contributed by atoms with E-state index in [-0.39, 0.29) is 0 Å². The van der Waals surface area contributed by atoms with Crippen molar-refractivity contribution in [1.82, 2.24) is 0 Å².